The van der Waals surface area contributed by atoms with Gasteiger partial charge in [0.1, 0.15) is 6.04 Å². The van der Waals surface area contributed by atoms with Crippen LogP contribution in [-0.2, 0) is 9.59 Å². The maximum Gasteiger partial charge on any atom is 0.248 e. The third-order valence-electron chi connectivity index (χ3n) is 7.13. The Kier molecular flexibility index (Phi) is 10.5. The quantitative estimate of drug-likeness (QED) is 0.185. The van der Waals surface area contributed by atoms with Crippen molar-refractivity contribution in [1.82, 2.24) is 9.80 Å². The van der Waals surface area contributed by atoms with Gasteiger partial charge in [-0.3, -0.25) is 19.4 Å². The molecule has 0 bridgehead atoms. The largest absolute Gasteiger partial charge is 0.397 e. The van der Waals surface area contributed by atoms with Crippen LogP contribution in [0.2, 0.25) is 0 Å². The summed E-state index contributed by atoms with van der Waals surface area (Å²) < 4.78 is 0.942. The number of benzene rings is 3. The van der Waals surface area contributed by atoms with E-state index in [1.54, 1.807) is 18.2 Å². The van der Waals surface area contributed by atoms with Gasteiger partial charge in [-0.25, -0.2) is 0 Å². The van der Waals surface area contributed by atoms with Crippen LogP contribution in [0.3, 0.4) is 0 Å². The van der Waals surface area contributed by atoms with Crippen molar-refractivity contribution in [1.29, 1.82) is 0 Å². The maximum atomic E-state index is 13.7. The van der Waals surface area contributed by atoms with Crippen LogP contribution in [-0.4, -0.2) is 65.5 Å². The van der Waals surface area contributed by atoms with Gasteiger partial charge in [-0.05, 0) is 66.6 Å². The van der Waals surface area contributed by atoms with Crippen molar-refractivity contribution in [3.05, 3.63) is 94.5 Å². The normalized spacial score (nSPS) is 16.4. The molecule has 0 aliphatic carbocycles. The number of carbonyl (C=O) groups is 2. The molecule has 3 aromatic rings. The number of likely N-dealkylation sites (N-methyl/N-ethyl adjacent to an activating group) is 1. The molecule has 210 valence electrons. The van der Waals surface area contributed by atoms with E-state index in [2.05, 4.69) is 43.3 Å². The van der Waals surface area contributed by atoms with Gasteiger partial charge < -0.3 is 21.5 Å². The molecule has 1 aliphatic heterocycles. The van der Waals surface area contributed by atoms with Crippen LogP contribution in [0, 0.1) is 0 Å². The second-order valence-electron chi connectivity index (χ2n) is 9.76. The molecule has 5 N–H and O–H groups in total. The highest BCUT2D eigenvalue weighted by Gasteiger charge is 2.35. The molecular weight excluding hydrogens is 570 g/mol. The van der Waals surface area contributed by atoms with Crippen molar-refractivity contribution in [2.45, 2.75) is 25.4 Å². The topological polar surface area (TPSA) is 111 Å². The molecule has 0 spiro atoms. The minimum Gasteiger partial charge on any atom is -0.397 e. The summed E-state index contributed by atoms with van der Waals surface area (Å²) in [6.45, 7) is 5.18. The van der Waals surface area contributed by atoms with E-state index in [4.69, 9.17) is 5.73 Å². The molecule has 0 saturated carbocycles. The first-order valence-electron chi connectivity index (χ1n) is 13.5. The summed E-state index contributed by atoms with van der Waals surface area (Å²) in [5, 5.41) is 15.3. The van der Waals surface area contributed by atoms with Crippen LogP contribution < -0.4 is 16.4 Å². The molecule has 1 fully saturated rings. The Morgan fingerprint density at radius 3 is 2.50 bits per heavy atom. The predicted octanol–water partition coefficient (Wildman–Crippen LogP) is 4.75. The SMILES string of the molecule is CCN(CCO)C1CCN(C(C(=O)Nc2ccc(Br)cc2)c2ccc(C=CC(=O)Nc3ccccc3N)cc2)C1. The molecule has 2 unspecified atom stereocenters. The zero-order valence-electron chi connectivity index (χ0n) is 22.6. The summed E-state index contributed by atoms with van der Waals surface area (Å²) in [5.74, 6) is -0.378. The van der Waals surface area contributed by atoms with Crippen LogP contribution >= 0.6 is 15.9 Å². The Bertz CT molecular complexity index is 1310. The van der Waals surface area contributed by atoms with Gasteiger partial charge in [0, 0.05) is 41.9 Å². The van der Waals surface area contributed by atoms with Crippen molar-refractivity contribution in [3.8, 4) is 0 Å². The zero-order valence-corrected chi connectivity index (χ0v) is 24.2. The third-order valence-corrected chi connectivity index (χ3v) is 7.66. The molecule has 0 aromatic heterocycles. The summed E-state index contributed by atoms with van der Waals surface area (Å²) in [5.41, 5.74) is 9.42. The van der Waals surface area contributed by atoms with E-state index in [-0.39, 0.29) is 24.5 Å². The molecule has 40 heavy (non-hydrogen) atoms. The summed E-state index contributed by atoms with van der Waals surface area (Å²) in [4.78, 5) is 30.5. The number of nitrogens with zero attached hydrogens (tertiary/aromatic N) is 2. The van der Waals surface area contributed by atoms with Gasteiger partial charge in [0.05, 0.1) is 18.0 Å². The molecular formula is C31H36BrN5O3. The van der Waals surface area contributed by atoms with Gasteiger partial charge in [-0.1, -0.05) is 59.3 Å². The number of aliphatic hydroxyl groups excluding tert-OH is 1. The average molecular weight is 607 g/mol. The number of rotatable bonds is 11. The Morgan fingerprint density at radius 1 is 1.10 bits per heavy atom. The summed E-state index contributed by atoms with van der Waals surface area (Å²) in [6.07, 6.45) is 4.12. The van der Waals surface area contributed by atoms with Crippen LogP contribution in [0.15, 0.2) is 83.3 Å². The van der Waals surface area contributed by atoms with Gasteiger partial charge in [0.2, 0.25) is 11.8 Å². The fourth-order valence-corrected chi connectivity index (χ4v) is 5.31. The first-order chi connectivity index (χ1) is 19.4. The third kappa shape index (κ3) is 7.79. The zero-order chi connectivity index (χ0) is 28.5. The second kappa shape index (κ2) is 14.2. The minimum atomic E-state index is -0.483. The number of para-hydroxylation sites is 2. The number of nitrogens with one attached hydrogen (secondary N) is 2. The van der Waals surface area contributed by atoms with E-state index < -0.39 is 6.04 Å². The number of hydrogen-bond donors (Lipinski definition) is 4. The number of halogens is 1. The summed E-state index contributed by atoms with van der Waals surface area (Å²) in [6, 6.07) is 22.1. The molecule has 3 aromatic carbocycles. The van der Waals surface area contributed by atoms with Crippen molar-refractivity contribution < 1.29 is 14.7 Å². The van der Waals surface area contributed by atoms with Crippen molar-refractivity contribution in [2.24, 2.45) is 0 Å². The highest BCUT2D eigenvalue weighted by Crippen LogP contribution is 2.29. The maximum absolute atomic E-state index is 13.7. The van der Waals surface area contributed by atoms with Gasteiger partial charge in [-0.15, -0.1) is 0 Å². The van der Waals surface area contributed by atoms with Crippen molar-refractivity contribution >= 4 is 50.9 Å². The molecule has 1 saturated heterocycles. The standard InChI is InChI=1S/C31H36BrN5O3/c1-2-36(19-20-38)26-17-18-37(21-26)30(31(40)34-25-14-12-24(32)13-15-25)23-10-7-22(8-11-23)9-16-29(39)35-28-6-4-3-5-27(28)33/h3-16,26,30,38H,2,17-21,33H2,1H3,(H,34,40)(H,35,39). The monoisotopic (exact) mass is 605 g/mol. The Labute approximate surface area is 244 Å². The predicted molar refractivity (Wildman–Crippen MR) is 165 cm³/mol. The Balaban J connectivity index is 1.50. The molecule has 1 heterocycles. The molecule has 2 atom stereocenters. The lowest BCUT2D eigenvalue weighted by atomic mass is 10.0. The number of likely N-dealkylation sites (tertiary alicyclic amines) is 1. The van der Waals surface area contributed by atoms with E-state index in [9.17, 15) is 14.7 Å². The average Bonchev–Trinajstić information content (AvgIpc) is 3.43. The Hall–Kier alpha value is -3.50. The number of hydrogen-bond acceptors (Lipinski definition) is 6. The van der Waals surface area contributed by atoms with E-state index in [1.807, 2.05) is 60.7 Å². The van der Waals surface area contributed by atoms with Crippen molar-refractivity contribution in [3.63, 3.8) is 0 Å². The van der Waals surface area contributed by atoms with Gasteiger partial charge in [0.15, 0.2) is 0 Å². The fourth-order valence-electron chi connectivity index (χ4n) is 5.05. The number of amides is 2. The summed E-state index contributed by atoms with van der Waals surface area (Å²) in [7, 11) is 0. The van der Waals surface area contributed by atoms with Gasteiger partial charge >= 0.3 is 0 Å². The van der Waals surface area contributed by atoms with Crippen LogP contribution in [0.4, 0.5) is 17.1 Å². The van der Waals surface area contributed by atoms with Crippen LogP contribution in [0.5, 0.6) is 0 Å². The van der Waals surface area contributed by atoms with Crippen LogP contribution in [0.1, 0.15) is 30.5 Å². The first kappa shape index (κ1) is 29.5. The molecule has 4 rings (SSSR count). The van der Waals surface area contributed by atoms with E-state index >= 15 is 0 Å². The number of nitrogen functional groups attached to an aromatic ring is 1. The lowest BCUT2D eigenvalue weighted by Gasteiger charge is -2.30. The van der Waals surface area contributed by atoms with E-state index in [1.165, 1.54) is 6.08 Å². The highest BCUT2D eigenvalue weighted by molar-refractivity contribution is 9.10. The smallest absolute Gasteiger partial charge is 0.248 e. The number of nitrogens with two attached hydrogens (primary N) is 1. The van der Waals surface area contributed by atoms with E-state index in [0.717, 1.165) is 47.3 Å². The van der Waals surface area contributed by atoms with Crippen molar-refractivity contribution in [2.75, 3.05) is 49.2 Å². The molecule has 9 heteroatoms. The number of aliphatic hydroxyl groups is 1. The van der Waals surface area contributed by atoms with E-state index in [0.29, 0.717) is 17.9 Å². The lowest BCUT2D eigenvalue weighted by molar-refractivity contribution is -0.121. The Morgan fingerprint density at radius 2 is 1.82 bits per heavy atom. The first-order valence-corrected chi connectivity index (χ1v) is 14.3. The lowest BCUT2D eigenvalue weighted by Crippen LogP contribution is -2.41. The minimum absolute atomic E-state index is 0.101. The molecule has 1 aliphatic rings. The van der Waals surface area contributed by atoms with Crippen LogP contribution in [0.25, 0.3) is 6.08 Å². The molecule has 8 nitrogen and oxygen atoms in total. The number of anilines is 3. The fraction of sp³-hybridized carbons (Fsp3) is 0.290. The van der Waals surface area contributed by atoms with Gasteiger partial charge in [-0.2, -0.15) is 0 Å². The molecule has 2 amide bonds. The summed E-state index contributed by atoms with van der Waals surface area (Å²) >= 11 is 3.44. The second-order valence-corrected chi connectivity index (χ2v) is 10.7. The number of carbonyl (C=O) groups excluding carboxylic acids is 2. The van der Waals surface area contributed by atoms with Gasteiger partial charge in [0.25, 0.3) is 0 Å². The molecule has 0 radical (unpaired) electrons. The highest BCUT2D eigenvalue weighted by atomic mass is 79.9.